The van der Waals surface area contributed by atoms with E-state index >= 15 is 0 Å². The molecule has 0 heterocycles. The average molecular weight is 438 g/mol. The Bertz CT molecular complexity index is 583. The van der Waals surface area contributed by atoms with Gasteiger partial charge in [-0.15, -0.1) is 0 Å². The van der Waals surface area contributed by atoms with Crippen LogP contribution in [0.1, 0.15) is 26.3 Å². The summed E-state index contributed by atoms with van der Waals surface area (Å²) in [5.41, 5.74) is 0.743. The zero-order chi connectivity index (χ0) is 17.6. The minimum atomic E-state index is -3.07. The molecule has 0 amide bonds. The van der Waals surface area contributed by atoms with Gasteiger partial charge in [-0.3, -0.25) is 0 Å². The number of carbonyl (C=O) groups excluding carboxylic acids is 3. The van der Waals surface area contributed by atoms with Gasteiger partial charge in [-0.05, 0) is 0 Å². The maximum absolute atomic E-state index is 11.5. The average Bonchev–Trinajstić information content (AvgIpc) is 2.44. The van der Waals surface area contributed by atoms with Gasteiger partial charge >= 0.3 is 143 Å². The Morgan fingerprint density at radius 1 is 1.09 bits per heavy atom. The van der Waals surface area contributed by atoms with Crippen LogP contribution in [0.3, 0.4) is 0 Å². The standard InChI is InChI=1S/C15H19IO7/c1-9-7-6-8-13(21-10(2)15(19)20-5)14(9)16(22-11(3)17)23-12(4)18/h6-8,10H,1-5H3/t10-/m1/s1. The second-order valence-electron chi connectivity index (χ2n) is 4.53. The first-order chi connectivity index (χ1) is 10.8. The van der Waals surface area contributed by atoms with Crippen LogP contribution in [0.2, 0.25) is 0 Å². The second kappa shape index (κ2) is 8.70. The fraction of sp³-hybridized carbons (Fsp3) is 0.400. The number of methoxy groups -OCH3 is 1. The first-order valence-electron chi connectivity index (χ1n) is 6.68. The number of rotatable bonds is 6. The molecule has 1 atom stereocenters. The van der Waals surface area contributed by atoms with Gasteiger partial charge in [-0.25, -0.2) is 0 Å². The van der Waals surface area contributed by atoms with Crippen LogP contribution in [0.25, 0.3) is 0 Å². The van der Waals surface area contributed by atoms with Crippen molar-refractivity contribution in [3.8, 4) is 5.75 Å². The molecule has 23 heavy (non-hydrogen) atoms. The van der Waals surface area contributed by atoms with Gasteiger partial charge < -0.3 is 0 Å². The quantitative estimate of drug-likeness (QED) is 0.499. The van der Waals surface area contributed by atoms with Crippen molar-refractivity contribution in [1.29, 1.82) is 0 Å². The molecule has 0 spiro atoms. The van der Waals surface area contributed by atoms with Crippen molar-refractivity contribution in [2.24, 2.45) is 0 Å². The van der Waals surface area contributed by atoms with Crippen molar-refractivity contribution in [1.82, 2.24) is 0 Å². The van der Waals surface area contributed by atoms with Crippen LogP contribution >= 0.6 is 20.6 Å². The molecule has 0 radical (unpaired) electrons. The van der Waals surface area contributed by atoms with Crippen LogP contribution in [0.5, 0.6) is 5.75 Å². The molecule has 0 unspecified atom stereocenters. The molecule has 0 saturated carbocycles. The molecule has 0 aliphatic carbocycles. The summed E-state index contributed by atoms with van der Waals surface area (Å²) in [6, 6.07) is 5.13. The third-order valence-corrected chi connectivity index (χ3v) is 6.81. The molecule has 0 aliphatic heterocycles. The molecule has 1 aromatic rings. The Labute approximate surface area is 142 Å². The van der Waals surface area contributed by atoms with E-state index in [-0.39, 0.29) is 0 Å². The molecule has 8 heteroatoms. The molecule has 1 aromatic carbocycles. The van der Waals surface area contributed by atoms with E-state index in [2.05, 4.69) is 4.74 Å². The van der Waals surface area contributed by atoms with Crippen molar-refractivity contribution >= 4 is 38.6 Å². The van der Waals surface area contributed by atoms with Gasteiger partial charge in [0.05, 0.1) is 0 Å². The molecule has 0 aliphatic rings. The Balaban J connectivity index is 3.22. The fourth-order valence-electron chi connectivity index (χ4n) is 1.60. The summed E-state index contributed by atoms with van der Waals surface area (Å²) in [6.07, 6.45) is -0.854. The topological polar surface area (TPSA) is 88.1 Å². The summed E-state index contributed by atoms with van der Waals surface area (Å²) < 4.78 is 21.2. The zero-order valence-corrected chi connectivity index (χ0v) is 15.7. The molecule has 0 bridgehead atoms. The number of hydrogen-bond donors (Lipinski definition) is 0. The molecule has 1 rings (SSSR count). The monoisotopic (exact) mass is 438 g/mol. The number of ether oxygens (including phenoxy) is 2. The summed E-state index contributed by atoms with van der Waals surface area (Å²) in [6.45, 7) is 5.80. The van der Waals surface area contributed by atoms with E-state index in [4.69, 9.17) is 10.9 Å². The third kappa shape index (κ3) is 5.70. The van der Waals surface area contributed by atoms with E-state index in [9.17, 15) is 14.4 Å². The first-order valence-corrected chi connectivity index (χ1v) is 9.52. The van der Waals surface area contributed by atoms with E-state index in [1.54, 1.807) is 25.1 Å². The van der Waals surface area contributed by atoms with Crippen LogP contribution < -0.4 is 4.74 Å². The molecular formula is C15H19IO7. The van der Waals surface area contributed by atoms with Gasteiger partial charge in [0.25, 0.3) is 0 Å². The number of halogens is 1. The molecule has 0 fully saturated rings. The van der Waals surface area contributed by atoms with Crippen molar-refractivity contribution in [2.75, 3.05) is 7.11 Å². The first kappa shape index (κ1) is 19.2. The van der Waals surface area contributed by atoms with Gasteiger partial charge in [0.15, 0.2) is 0 Å². The van der Waals surface area contributed by atoms with Crippen LogP contribution in [0.4, 0.5) is 0 Å². The summed E-state index contributed by atoms with van der Waals surface area (Å²) >= 11 is -3.07. The van der Waals surface area contributed by atoms with Crippen LogP contribution in [-0.2, 0) is 25.3 Å². The van der Waals surface area contributed by atoms with Gasteiger partial charge in [0.2, 0.25) is 0 Å². The van der Waals surface area contributed by atoms with Crippen molar-refractivity contribution in [2.45, 2.75) is 33.8 Å². The van der Waals surface area contributed by atoms with Gasteiger partial charge in [0.1, 0.15) is 0 Å². The van der Waals surface area contributed by atoms with E-state index in [1.807, 2.05) is 0 Å². The molecule has 7 nitrogen and oxygen atoms in total. The summed E-state index contributed by atoms with van der Waals surface area (Å²) in [5.74, 6) is -1.31. The number of hydrogen-bond acceptors (Lipinski definition) is 7. The van der Waals surface area contributed by atoms with Crippen molar-refractivity contribution < 1.29 is 30.0 Å². The maximum atomic E-state index is 11.5. The van der Waals surface area contributed by atoms with Crippen LogP contribution in [0.15, 0.2) is 18.2 Å². The number of esters is 1. The Morgan fingerprint density at radius 3 is 2.13 bits per heavy atom. The summed E-state index contributed by atoms with van der Waals surface area (Å²) in [4.78, 5) is 34.2. The van der Waals surface area contributed by atoms with E-state index in [0.29, 0.717) is 9.32 Å². The van der Waals surface area contributed by atoms with Crippen LogP contribution in [0, 0.1) is 10.5 Å². The summed E-state index contributed by atoms with van der Waals surface area (Å²) in [7, 11) is 1.26. The number of carbonyl (C=O) groups is 3. The van der Waals surface area contributed by atoms with Gasteiger partial charge in [-0.1, -0.05) is 0 Å². The molecule has 0 saturated heterocycles. The Hall–Kier alpha value is -1.84. The normalized spacial score (nSPS) is 12.0. The van der Waals surface area contributed by atoms with E-state index < -0.39 is 44.7 Å². The predicted octanol–water partition coefficient (Wildman–Crippen LogP) is 2.57. The predicted molar refractivity (Wildman–Crippen MR) is 89.5 cm³/mol. The number of aryl methyl sites for hydroxylation is 1. The third-order valence-electron chi connectivity index (χ3n) is 2.50. The molecule has 0 N–H and O–H groups in total. The number of benzene rings is 1. The van der Waals surface area contributed by atoms with Gasteiger partial charge in [0, 0.05) is 0 Å². The minimum absolute atomic E-state index is 0.329. The van der Waals surface area contributed by atoms with E-state index in [0.717, 1.165) is 5.56 Å². The molecule has 128 valence electrons. The van der Waals surface area contributed by atoms with Crippen LogP contribution in [-0.4, -0.2) is 31.1 Å². The SMILES string of the molecule is COC(=O)[C@@H](C)Oc1cccc(C)c1I(OC(C)=O)OC(C)=O. The second-order valence-corrected chi connectivity index (χ2v) is 7.72. The van der Waals surface area contributed by atoms with Crippen molar-refractivity contribution in [3.05, 3.63) is 27.3 Å². The zero-order valence-electron chi connectivity index (χ0n) is 13.5. The fourth-order valence-corrected chi connectivity index (χ4v) is 4.88. The van der Waals surface area contributed by atoms with E-state index in [1.165, 1.54) is 27.9 Å². The van der Waals surface area contributed by atoms with Gasteiger partial charge in [-0.2, -0.15) is 0 Å². The molecular weight excluding hydrogens is 419 g/mol. The summed E-state index contributed by atoms with van der Waals surface area (Å²) in [5, 5.41) is 0. The Kier molecular flexibility index (Phi) is 7.27. The molecule has 0 aromatic heterocycles. The van der Waals surface area contributed by atoms with Crippen molar-refractivity contribution in [3.63, 3.8) is 0 Å². The Morgan fingerprint density at radius 2 is 1.65 bits per heavy atom.